The van der Waals surface area contributed by atoms with Crippen molar-refractivity contribution in [2.24, 2.45) is 0 Å². The number of carbonyl (C=O) groups is 2. The summed E-state index contributed by atoms with van der Waals surface area (Å²) in [5.74, 6) is 0. The highest BCUT2D eigenvalue weighted by molar-refractivity contribution is 5.67. The van der Waals surface area contributed by atoms with Gasteiger partial charge in [-0.2, -0.15) is 0 Å². The van der Waals surface area contributed by atoms with Crippen molar-refractivity contribution in [3.63, 3.8) is 0 Å². The number of alkyl carbamates (subject to hydrolysis) is 1. The summed E-state index contributed by atoms with van der Waals surface area (Å²) in [4.78, 5) is 24.3. The van der Waals surface area contributed by atoms with Gasteiger partial charge in [-0.3, -0.25) is 0 Å². The van der Waals surface area contributed by atoms with E-state index < -0.39 is 11.7 Å². The predicted octanol–water partition coefficient (Wildman–Crippen LogP) is 1.63. The number of rotatable bonds is 5. The number of nitrogens with one attached hydrogen (secondary N) is 2. The summed E-state index contributed by atoms with van der Waals surface area (Å²) in [5, 5.41) is 13.9. The third-order valence-corrected chi connectivity index (χ3v) is 3.23. The third kappa shape index (κ3) is 8.39. The van der Waals surface area contributed by atoms with Gasteiger partial charge in [-0.05, 0) is 46.6 Å². The Kier molecular flexibility index (Phi) is 6.74. The molecule has 1 saturated heterocycles. The van der Waals surface area contributed by atoms with Gasteiger partial charge in [-0.1, -0.05) is 0 Å². The minimum atomic E-state index is -0.949. The number of hydrogen-bond acceptors (Lipinski definition) is 4. The van der Waals surface area contributed by atoms with Gasteiger partial charge in [-0.15, -0.1) is 0 Å². The van der Waals surface area contributed by atoms with E-state index in [-0.39, 0.29) is 12.1 Å². The Bertz CT molecular complexity index is 347. The second-order valence-corrected chi connectivity index (χ2v) is 6.35. The third-order valence-electron chi connectivity index (χ3n) is 3.23. The van der Waals surface area contributed by atoms with Crippen LogP contribution in [0.15, 0.2) is 0 Å². The minimum absolute atomic E-state index is 0.0682. The van der Waals surface area contributed by atoms with Crippen LogP contribution < -0.4 is 10.6 Å². The van der Waals surface area contributed by atoms with Crippen molar-refractivity contribution in [3.05, 3.63) is 0 Å². The van der Waals surface area contributed by atoms with Gasteiger partial charge in [0.2, 0.25) is 0 Å². The van der Waals surface area contributed by atoms with Gasteiger partial charge >= 0.3 is 12.2 Å². The molecule has 0 saturated carbocycles. The zero-order valence-corrected chi connectivity index (χ0v) is 13.1. The summed E-state index contributed by atoms with van der Waals surface area (Å²) >= 11 is 0. The maximum atomic E-state index is 11.4. The number of amides is 2. The summed E-state index contributed by atoms with van der Waals surface area (Å²) in [6.07, 6.45) is 1.20. The molecular weight excluding hydrogens is 274 g/mol. The lowest BCUT2D eigenvalue weighted by atomic mass is 10.1. The number of ether oxygens (including phenoxy) is 1. The first-order valence-corrected chi connectivity index (χ1v) is 7.45. The fourth-order valence-corrected chi connectivity index (χ4v) is 2.28. The van der Waals surface area contributed by atoms with Gasteiger partial charge in [-0.25, -0.2) is 9.59 Å². The first kappa shape index (κ1) is 17.6. The average Bonchev–Trinajstić information content (AvgIpc) is 2.34. The summed E-state index contributed by atoms with van der Waals surface area (Å²) in [6, 6.07) is 0.0682. The molecule has 0 radical (unpaired) electrons. The van der Waals surface area contributed by atoms with Crippen LogP contribution >= 0.6 is 0 Å². The number of nitrogens with zero attached hydrogens (tertiary/aromatic N) is 1. The van der Waals surface area contributed by atoms with E-state index in [0.29, 0.717) is 6.54 Å². The maximum Gasteiger partial charge on any atom is 0.407 e. The summed E-state index contributed by atoms with van der Waals surface area (Å²) in [5.41, 5.74) is -0.469. The van der Waals surface area contributed by atoms with Crippen molar-refractivity contribution >= 4 is 12.2 Å². The largest absolute Gasteiger partial charge is 0.465 e. The van der Waals surface area contributed by atoms with E-state index in [9.17, 15) is 9.59 Å². The first-order valence-electron chi connectivity index (χ1n) is 7.45. The molecule has 0 unspecified atom stereocenters. The van der Waals surface area contributed by atoms with Crippen molar-refractivity contribution in [2.45, 2.75) is 51.7 Å². The summed E-state index contributed by atoms with van der Waals surface area (Å²) in [7, 11) is 0. The molecule has 0 bridgehead atoms. The van der Waals surface area contributed by atoms with Crippen molar-refractivity contribution in [1.29, 1.82) is 0 Å². The highest BCUT2D eigenvalue weighted by atomic mass is 16.6. The highest BCUT2D eigenvalue weighted by Gasteiger charge is 2.20. The molecule has 0 atom stereocenters. The number of piperidine rings is 1. The molecule has 1 aliphatic heterocycles. The lowest BCUT2D eigenvalue weighted by molar-refractivity contribution is 0.0525. The van der Waals surface area contributed by atoms with E-state index in [1.54, 1.807) is 0 Å². The lowest BCUT2D eigenvalue weighted by Crippen LogP contribution is -2.44. The Hall–Kier alpha value is -1.50. The van der Waals surface area contributed by atoms with Crippen LogP contribution in [-0.2, 0) is 4.74 Å². The fraction of sp³-hybridized carbons (Fsp3) is 0.857. The molecule has 21 heavy (non-hydrogen) atoms. The second kappa shape index (κ2) is 8.07. The molecule has 1 rings (SSSR count). The summed E-state index contributed by atoms with van der Waals surface area (Å²) < 4.78 is 5.15. The number of carbonyl (C=O) groups excluding carboxylic acids is 1. The Morgan fingerprint density at radius 2 is 1.90 bits per heavy atom. The van der Waals surface area contributed by atoms with Crippen molar-refractivity contribution in [1.82, 2.24) is 15.5 Å². The van der Waals surface area contributed by atoms with Crippen LogP contribution in [-0.4, -0.2) is 60.0 Å². The molecule has 3 N–H and O–H groups in total. The van der Waals surface area contributed by atoms with Crippen molar-refractivity contribution < 1.29 is 19.4 Å². The standard InChI is InChI=1S/C14H27N3O4/c1-14(2,3)21-13(20)15-7-4-8-17-9-5-11(6-10-17)16-12(18)19/h11,16H,4-10H2,1-3H3,(H,15,20)(H,18,19). The molecule has 7 heteroatoms. The maximum absolute atomic E-state index is 11.4. The monoisotopic (exact) mass is 301 g/mol. The van der Waals surface area contributed by atoms with Crippen LogP contribution in [0.1, 0.15) is 40.0 Å². The van der Waals surface area contributed by atoms with Crippen LogP contribution in [0.25, 0.3) is 0 Å². The molecule has 1 aliphatic rings. The molecule has 1 heterocycles. The normalized spacial score (nSPS) is 17.3. The molecule has 7 nitrogen and oxygen atoms in total. The quantitative estimate of drug-likeness (QED) is 0.671. The van der Waals surface area contributed by atoms with Gasteiger partial charge in [0.1, 0.15) is 5.60 Å². The fourth-order valence-electron chi connectivity index (χ4n) is 2.28. The SMILES string of the molecule is CC(C)(C)OC(=O)NCCCN1CCC(NC(=O)O)CC1. The van der Waals surface area contributed by atoms with Crippen molar-refractivity contribution in [3.8, 4) is 0 Å². The van der Waals surface area contributed by atoms with Gasteiger partial charge in [0.15, 0.2) is 0 Å². The van der Waals surface area contributed by atoms with E-state index in [2.05, 4.69) is 15.5 Å². The molecule has 0 aliphatic carbocycles. The van der Waals surface area contributed by atoms with Crippen LogP contribution in [0.3, 0.4) is 0 Å². The molecular formula is C14H27N3O4. The first-order chi connectivity index (χ1) is 9.76. The van der Waals surface area contributed by atoms with E-state index >= 15 is 0 Å². The smallest absolute Gasteiger partial charge is 0.407 e. The minimum Gasteiger partial charge on any atom is -0.465 e. The number of likely N-dealkylation sites (tertiary alicyclic amines) is 1. The molecule has 2 amide bonds. The van der Waals surface area contributed by atoms with Gasteiger partial charge in [0.05, 0.1) is 0 Å². The Morgan fingerprint density at radius 3 is 2.43 bits per heavy atom. The van der Waals surface area contributed by atoms with Crippen LogP contribution in [0, 0.1) is 0 Å². The van der Waals surface area contributed by atoms with E-state index in [0.717, 1.165) is 38.9 Å². The van der Waals surface area contributed by atoms with Gasteiger partial charge in [0.25, 0.3) is 0 Å². The van der Waals surface area contributed by atoms with Crippen LogP contribution in [0.2, 0.25) is 0 Å². The topological polar surface area (TPSA) is 90.9 Å². The Morgan fingerprint density at radius 1 is 1.29 bits per heavy atom. The van der Waals surface area contributed by atoms with Crippen LogP contribution in [0.5, 0.6) is 0 Å². The number of hydrogen-bond donors (Lipinski definition) is 3. The zero-order chi connectivity index (χ0) is 15.9. The molecule has 0 aromatic carbocycles. The van der Waals surface area contributed by atoms with E-state index in [1.165, 1.54) is 0 Å². The Balaban J connectivity index is 2.07. The average molecular weight is 301 g/mol. The summed E-state index contributed by atoms with van der Waals surface area (Å²) in [6.45, 7) is 8.76. The molecule has 0 spiro atoms. The molecule has 0 aromatic heterocycles. The van der Waals surface area contributed by atoms with Crippen molar-refractivity contribution in [2.75, 3.05) is 26.2 Å². The lowest BCUT2D eigenvalue weighted by Gasteiger charge is -2.31. The predicted molar refractivity (Wildman–Crippen MR) is 79.5 cm³/mol. The van der Waals surface area contributed by atoms with Gasteiger partial charge < -0.3 is 25.4 Å². The molecule has 1 fully saturated rings. The zero-order valence-electron chi connectivity index (χ0n) is 13.1. The number of carboxylic acid groups (broad SMARTS) is 1. The van der Waals surface area contributed by atoms with Crippen LogP contribution in [0.4, 0.5) is 9.59 Å². The Labute approximate surface area is 126 Å². The van der Waals surface area contributed by atoms with E-state index in [4.69, 9.17) is 9.84 Å². The molecule has 0 aromatic rings. The van der Waals surface area contributed by atoms with Gasteiger partial charge in [0, 0.05) is 25.7 Å². The second-order valence-electron chi connectivity index (χ2n) is 6.35. The molecule has 122 valence electrons. The van der Waals surface area contributed by atoms with E-state index in [1.807, 2.05) is 20.8 Å². The highest BCUT2D eigenvalue weighted by Crippen LogP contribution is 2.10.